The van der Waals surface area contributed by atoms with E-state index >= 15 is 0 Å². The second-order valence-corrected chi connectivity index (χ2v) is 5.89. The van der Waals surface area contributed by atoms with Crippen LogP contribution in [0.4, 0.5) is 28.7 Å². The Morgan fingerprint density at radius 2 is 1.61 bits per heavy atom. The summed E-state index contributed by atoms with van der Waals surface area (Å²) < 4.78 is 5.62. The Hall–Kier alpha value is -3.75. The molecule has 0 fully saturated rings. The molecule has 9 heteroatoms. The quantitative estimate of drug-likeness (QED) is 0.318. The summed E-state index contributed by atoms with van der Waals surface area (Å²) in [6.45, 7) is 2.76. The lowest BCUT2D eigenvalue weighted by atomic mass is 10.3. The Kier molecular flexibility index (Phi) is 6.29. The van der Waals surface area contributed by atoms with Gasteiger partial charge in [0.2, 0.25) is 11.6 Å². The number of hydrogen-bond acceptors (Lipinski definition) is 8. The van der Waals surface area contributed by atoms with E-state index < -0.39 is 4.92 Å². The van der Waals surface area contributed by atoms with Crippen LogP contribution in [0.5, 0.6) is 5.75 Å². The number of aromatic nitrogens is 3. The maximum atomic E-state index is 11.6. The predicted octanol–water partition coefficient (Wildman–Crippen LogP) is 4.45. The minimum Gasteiger partial charge on any atom is -0.494 e. The number of hydrogen-bond donors (Lipinski definition) is 2. The molecular weight excluding hydrogens is 360 g/mol. The van der Waals surface area contributed by atoms with E-state index in [2.05, 4.69) is 32.5 Å². The van der Waals surface area contributed by atoms with E-state index in [0.717, 1.165) is 18.6 Å². The number of anilines is 4. The molecule has 9 nitrogen and oxygen atoms in total. The van der Waals surface area contributed by atoms with Crippen molar-refractivity contribution in [3.05, 3.63) is 65.2 Å². The second-order valence-electron chi connectivity index (χ2n) is 5.89. The first kappa shape index (κ1) is 19.0. The Bertz CT molecular complexity index is 919. The van der Waals surface area contributed by atoms with Gasteiger partial charge in [-0.3, -0.25) is 15.1 Å². The molecule has 1 aromatic carbocycles. The number of rotatable bonds is 9. The van der Waals surface area contributed by atoms with Gasteiger partial charge in [-0.2, -0.15) is 0 Å². The smallest absolute Gasteiger partial charge is 0.353 e. The lowest BCUT2D eigenvalue weighted by Crippen LogP contribution is -2.05. The molecule has 0 radical (unpaired) electrons. The van der Waals surface area contributed by atoms with Crippen molar-refractivity contribution in [2.45, 2.75) is 19.8 Å². The number of nitrogens with one attached hydrogen (secondary N) is 2. The molecule has 0 spiro atoms. The number of unbranched alkanes of at least 4 members (excludes halogenated alkanes) is 1. The third-order valence-corrected chi connectivity index (χ3v) is 3.83. The summed E-state index contributed by atoms with van der Waals surface area (Å²) >= 11 is 0. The Labute approximate surface area is 162 Å². The van der Waals surface area contributed by atoms with E-state index in [4.69, 9.17) is 4.74 Å². The molecule has 0 saturated carbocycles. The molecule has 0 saturated heterocycles. The van der Waals surface area contributed by atoms with Gasteiger partial charge in [0.1, 0.15) is 12.1 Å². The zero-order chi connectivity index (χ0) is 19.8. The topological polar surface area (TPSA) is 115 Å². The maximum absolute atomic E-state index is 11.6. The van der Waals surface area contributed by atoms with E-state index in [9.17, 15) is 10.1 Å². The summed E-state index contributed by atoms with van der Waals surface area (Å²) in [5.74, 6) is 0.931. The van der Waals surface area contributed by atoms with Crippen molar-refractivity contribution in [2.75, 3.05) is 17.2 Å². The molecule has 0 bridgehead atoms. The molecule has 0 aliphatic carbocycles. The van der Waals surface area contributed by atoms with Crippen molar-refractivity contribution >= 4 is 28.7 Å². The standard InChI is InChI=1S/C19H20N6O3/c1-2-3-12-28-16-6-4-14(5-7-16)23-18-17(25(26)27)19(22-13-21-18)24-15-8-10-20-11-9-15/h4-11,13H,2-3,12H2,1H3,(H2,20,21,22,23,24). The van der Waals surface area contributed by atoms with Gasteiger partial charge in [0.05, 0.1) is 11.5 Å². The SMILES string of the molecule is CCCCOc1ccc(Nc2ncnc(Nc3ccncc3)c2[N+](=O)[O-])cc1. The molecule has 2 heterocycles. The lowest BCUT2D eigenvalue weighted by Gasteiger charge is -2.11. The van der Waals surface area contributed by atoms with Gasteiger partial charge >= 0.3 is 5.69 Å². The first-order valence-electron chi connectivity index (χ1n) is 8.83. The van der Waals surface area contributed by atoms with Crippen LogP contribution in [0.1, 0.15) is 19.8 Å². The highest BCUT2D eigenvalue weighted by molar-refractivity contribution is 5.76. The molecule has 2 N–H and O–H groups in total. The number of benzene rings is 1. The molecule has 0 aliphatic rings. The van der Waals surface area contributed by atoms with Crippen LogP contribution in [-0.4, -0.2) is 26.5 Å². The summed E-state index contributed by atoms with van der Waals surface area (Å²) in [4.78, 5) is 23.1. The molecule has 0 amide bonds. The average molecular weight is 380 g/mol. The summed E-state index contributed by atoms with van der Waals surface area (Å²) in [5, 5.41) is 17.5. The van der Waals surface area contributed by atoms with E-state index in [1.807, 2.05) is 0 Å². The first-order chi connectivity index (χ1) is 13.7. The van der Waals surface area contributed by atoms with E-state index in [1.54, 1.807) is 48.8 Å². The molecule has 0 unspecified atom stereocenters. The van der Waals surface area contributed by atoms with Crippen LogP contribution in [0.3, 0.4) is 0 Å². The second kappa shape index (κ2) is 9.26. The highest BCUT2D eigenvalue weighted by Crippen LogP contribution is 2.33. The Morgan fingerprint density at radius 3 is 2.18 bits per heavy atom. The van der Waals surface area contributed by atoms with Crippen LogP contribution in [0.2, 0.25) is 0 Å². The maximum Gasteiger partial charge on any atom is 0.353 e. The number of pyridine rings is 1. The van der Waals surface area contributed by atoms with Crippen LogP contribution in [0.15, 0.2) is 55.1 Å². The van der Waals surface area contributed by atoms with Gasteiger partial charge in [-0.05, 0) is 42.8 Å². The van der Waals surface area contributed by atoms with E-state index in [1.165, 1.54) is 6.33 Å². The molecule has 2 aromatic heterocycles. The highest BCUT2D eigenvalue weighted by Gasteiger charge is 2.23. The van der Waals surface area contributed by atoms with Crippen LogP contribution in [-0.2, 0) is 0 Å². The number of ether oxygens (including phenoxy) is 1. The van der Waals surface area contributed by atoms with Gasteiger partial charge in [0, 0.05) is 23.8 Å². The van der Waals surface area contributed by atoms with Crippen LogP contribution < -0.4 is 15.4 Å². The van der Waals surface area contributed by atoms with Crippen molar-refractivity contribution in [3.8, 4) is 5.75 Å². The summed E-state index contributed by atoms with van der Waals surface area (Å²) in [6.07, 6.45) is 6.48. The minimum atomic E-state index is -0.520. The molecule has 144 valence electrons. The largest absolute Gasteiger partial charge is 0.494 e. The zero-order valence-electron chi connectivity index (χ0n) is 15.3. The first-order valence-corrected chi connectivity index (χ1v) is 8.83. The fourth-order valence-electron chi connectivity index (χ4n) is 2.41. The molecule has 28 heavy (non-hydrogen) atoms. The van der Waals surface area contributed by atoms with Crippen molar-refractivity contribution in [1.29, 1.82) is 0 Å². The predicted molar refractivity (Wildman–Crippen MR) is 106 cm³/mol. The number of nitrogens with zero attached hydrogens (tertiary/aromatic N) is 4. The molecule has 3 aromatic rings. The van der Waals surface area contributed by atoms with Crippen molar-refractivity contribution in [1.82, 2.24) is 15.0 Å². The molecular formula is C19H20N6O3. The summed E-state index contributed by atoms with van der Waals surface area (Å²) in [5.41, 5.74) is 1.04. The van der Waals surface area contributed by atoms with Crippen molar-refractivity contribution in [3.63, 3.8) is 0 Å². The summed E-state index contributed by atoms with van der Waals surface area (Å²) in [6, 6.07) is 10.6. The van der Waals surface area contributed by atoms with Gasteiger partial charge in [-0.25, -0.2) is 9.97 Å². The van der Waals surface area contributed by atoms with Crippen molar-refractivity contribution in [2.24, 2.45) is 0 Å². The van der Waals surface area contributed by atoms with Crippen LogP contribution >= 0.6 is 0 Å². The highest BCUT2D eigenvalue weighted by atomic mass is 16.6. The Balaban J connectivity index is 1.80. The van der Waals surface area contributed by atoms with E-state index in [0.29, 0.717) is 18.0 Å². The molecule has 0 atom stereocenters. The minimum absolute atomic E-state index is 0.0909. The van der Waals surface area contributed by atoms with E-state index in [-0.39, 0.29) is 17.3 Å². The third-order valence-electron chi connectivity index (χ3n) is 3.83. The van der Waals surface area contributed by atoms with Gasteiger partial charge in [-0.15, -0.1) is 0 Å². The lowest BCUT2D eigenvalue weighted by molar-refractivity contribution is -0.383. The van der Waals surface area contributed by atoms with Gasteiger partial charge in [0.15, 0.2) is 0 Å². The monoisotopic (exact) mass is 380 g/mol. The van der Waals surface area contributed by atoms with Crippen LogP contribution in [0, 0.1) is 10.1 Å². The van der Waals surface area contributed by atoms with Gasteiger partial charge in [-0.1, -0.05) is 13.3 Å². The average Bonchev–Trinajstić information content (AvgIpc) is 2.70. The van der Waals surface area contributed by atoms with Gasteiger partial charge in [0.25, 0.3) is 0 Å². The number of nitro groups is 1. The fourth-order valence-corrected chi connectivity index (χ4v) is 2.41. The normalized spacial score (nSPS) is 10.3. The van der Waals surface area contributed by atoms with Crippen molar-refractivity contribution < 1.29 is 9.66 Å². The fraction of sp³-hybridized carbons (Fsp3) is 0.211. The summed E-state index contributed by atoms with van der Waals surface area (Å²) in [7, 11) is 0. The van der Waals surface area contributed by atoms with Gasteiger partial charge < -0.3 is 15.4 Å². The van der Waals surface area contributed by atoms with Crippen LogP contribution in [0.25, 0.3) is 0 Å². The third kappa shape index (κ3) is 4.91. The zero-order valence-corrected chi connectivity index (χ0v) is 15.3. The Morgan fingerprint density at radius 1 is 1.00 bits per heavy atom. The molecule has 3 rings (SSSR count). The molecule has 0 aliphatic heterocycles.